The van der Waals surface area contributed by atoms with Gasteiger partial charge in [0.25, 0.3) is 0 Å². The van der Waals surface area contributed by atoms with Crippen LogP contribution in [0.1, 0.15) is 0 Å². The number of ether oxygens (including phenoxy) is 1. The SMILES string of the molecule is C1=C=CC(CN2CCOCC2)=CC=1. The van der Waals surface area contributed by atoms with Gasteiger partial charge in [-0.2, -0.15) is 0 Å². The van der Waals surface area contributed by atoms with E-state index in [1.165, 1.54) is 5.57 Å². The van der Waals surface area contributed by atoms with E-state index in [9.17, 15) is 0 Å². The molecule has 2 nitrogen and oxygen atoms in total. The molecule has 1 aliphatic carbocycles. The van der Waals surface area contributed by atoms with Gasteiger partial charge >= 0.3 is 0 Å². The minimum atomic E-state index is 0.864. The van der Waals surface area contributed by atoms with Gasteiger partial charge in [0, 0.05) is 19.6 Å². The molecule has 0 radical (unpaired) electrons. The fraction of sp³-hybridized carbons (Fsp3) is 0.455. The lowest BCUT2D eigenvalue weighted by atomic mass is 10.2. The van der Waals surface area contributed by atoms with Crippen LogP contribution in [-0.4, -0.2) is 37.7 Å². The summed E-state index contributed by atoms with van der Waals surface area (Å²) in [4.78, 5) is 2.40. The zero-order chi connectivity index (χ0) is 8.93. The van der Waals surface area contributed by atoms with Gasteiger partial charge in [0.05, 0.1) is 13.2 Å². The van der Waals surface area contributed by atoms with E-state index in [0.717, 1.165) is 32.8 Å². The first kappa shape index (κ1) is 8.55. The van der Waals surface area contributed by atoms with Gasteiger partial charge in [-0.25, -0.2) is 0 Å². The molecule has 1 fully saturated rings. The smallest absolute Gasteiger partial charge is 0.0594 e. The van der Waals surface area contributed by atoms with Crippen LogP contribution in [0.4, 0.5) is 0 Å². The Hall–Kier alpha value is -1.04. The van der Waals surface area contributed by atoms with Crippen molar-refractivity contribution in [3.05, 3.63) is 35.3 Å². The van der Waals surface area contributed by atoms with Crippen molar-refractivity contribution in [2.24, 2.45) is 0 Å². The summed E-state index contributed by atoms with van der Waals surface area (Å²) in [7, 11) is 0. The molecule has 68 valence electrons. The van der Waals surface area contributed by atoms with Crippen LogP contribution in [0, 0.1) is 0 Å². The molecule has 0 aromatic carbocycles. The molecule has 0 aromatic rings. The van der Waals surface area contributed by atoms with E-state index in [0.29, 0.717) is 0 Å². The monoisotopic (exact) mass is 175 g/mol. The molecule has 0 atom stereocenters. The average molecular weight is 175 g/mol. The number of hydrogen-bond donors (Lipinski definition) is 0. The maximum absolute atomic E-state index is 5.28. The number of allylic oxidation sites excluding steroid dienone is 2. The Kier molecular flexibility index (Phi) is 2.81. The van der Waals surface area contributed by atoms with Gasteiger partial charge in [-0.15, -0.1) is 0 Å². The Bertz CT molecular complexity index is 298. The maximum atomic E-state index is 5.28. The Morgan fingerprint density at radius 2 is 2.15 bits per heavy atom. The van der Waals surface area contributed by atoms with Gasteiger partial charge in [-0.05, 0) is 23.8 Å². The molecule has 0 N–H and O–H groups in total. The highest BCUT2D eigenvalue weighted by Crippen LogP contribution is 2.05. The second-order valence-electron chi connectivity index (χ2n) is 3.23. The highest BCUT2D eigenvalue weighted by molar-refractivity contribution is 5.28. The van der Waals surface area contributed by atoms with Gasteiger partial charge in [0.1, 0.15) is 0 Å². The third-order valence-electron chi connectivity index (χ3n) is 2.23. The predicted molar refractivity (Wildman–Crippen MR) is 51.5 cm³/mol. The van der Waals surface area contributed by atoms with Crippen molar-refractivity contribution in [1.29, 1.82) is 0 Å². The van der Waals surface area contributed by atoms with E-state index < -0.39 is 0 Å². The van der Waals surface area contributed by atoms with Crippen LogP contribution in [0.5, 0.6) is 0 Å². The Balaban J connectivity index is 1.87. The molecule has 0 bridgehead atoms. The average Bonchev–Trinajstić information content (AvgIpc) is 2.21. The van der Waals surface area contributed by atoms with Gasteiger partial charge in [-0.1, -0.05) is 11.5 Å². The Morgan fingerprint density at radius 1 is 1.31 bits per heavy atom. The molecular weight excluding hydrogens is 162 g/mol. The molecule has 0 aromatic heterocycles. The van der Waals surface area contributed by atoms with Crippen LogP contribution in [0.3, 0.4) is 0 Å². The van der Waals surface area contributed by atoms with Gasteiger partial charge in [-0.3, -0.25) is 4.90 Å². The lowest BCUT2D eigenvalue weighted by molar-refractivity contribution is 0.0426. The molecular formula is C11H13NO. The minimum Gasteiger partial charge on any atom is -0.379 e. The molecule has 1 saturated heterocycles. The fourth-order valence-corrected chi connectivity index (χ4v) is 1.50. The summed E-state index contributed by atoms with van der Waals surface area (Å²) in [6, 6.07) is 0. The third kappa shape index (κ3) is 2.45. The normalized spacial score (nSPS) is 22.0. The Labute approximate surface area is 78.5 Å². The highest BCUT2D eigenvalue weighted by atomic mass is 16.5. The molecule has 2 rings (SSSR count). The summed E-state index contributed by atoms with van der Waals surface area (Å²) in [6.07, 6.45) is 6.00. The van der Waals surface area contributed by atoms with E-state index in [4.69, 9.17) is 4.74 Å². The van der Waals surface area contributed by atoms with E-state index in [1.807, 2.05) is 12.2 Å². The van der Waals surface area contributed by atoms with Crippen molar-refractivity contribution in [2.75, 3.05) is 32.8 Å². The number of nitrogens with zero attached hydrogens (tertiary/aromatic N) is 1. The molecule has 2 aliphatic rings. The van der Waals surface area contributed by atoms with Crippen LogP contribution in [-0.2, 0) is 4.74 Å². The van der Waals surface area contributed by atoms with E-state index in [1.54, 1.807) is 0 Å². The molecule has 0 unspecified atom stereocenters. The molecule has 2 heteroatoms. The second kappa shape index (κ2) is 4.27. The summed E-state index contributed by atoms with van der Waals surface area (Å²) in [5.74, 6) is 0. The zero-order valence-corrected chi connectivity index (χ0v) is 7.62. The predicted octanol–water partition coefficient (Wildman–Crippen LogP) is 1.12. The van der Waals surface area contributed by atoms with Gasteiger partial charge in [0.2, 0.25) is 0 Å². The van der Waals surface area contributed by atoms with Crippen LogP contribution < -0.4 is 0 Å². The van der Waals surface area contributed by atoms with Crippen molar-refractivity contribution < 1.29 is 4.74 Å². The topological polar surface area (TPSA) is 12.5 Å². The number of morpholine rings is 1. The summed E-state index contributed by atoms with van der Waals surface area (Å²) < 4.78 is 5.28. The summed E-state index contributed by atoms with van der Waals surface area (Å²) in [5.41, 5.74) is 7.18. The molecule has 0 spiro atoms. The third-order valence-corrected chi connectivity index (χ3v) is 2.23. The van der Waals surface area contributed by atoms with Gasteiger partial charge in [0.15, 0.2) is 0 Å². The molecule has 0 amide bonds. The molecule has 0 saturated carbocycles. The molecule has 13 heavy (non-hydrogen) atoms. The van der Waals surface area contributed by atoms with Gasteiger partial charge < -0.3 is 4.74 Å². The first-order valence-corrected chi connectivity index (χ1v) is 4.62. The van der Waals surface area contributed by atoms with Crippen LogP contribution in [0.2, 0.25) is 0 Å². The van der Waals surface area contributed by atoms with Crippen molar-refractivity contribution in [3.8, 4) is 0 Å². The summed E-state index contributed by atoms with van der Waals surface area (Å²) in [5, 5.41) is 0. The number of rotatable bonds is 2. The lowest BCUT2D eigenvalue weighted by Crippen LogP contribution is -2.37. The quantitative estimate of drug-likeness (QED) is 0.583. The highest BCUT2D eigenvalue weighted by Gasteiger charge is 2.10. The first-order valence-electron chi connectivity index (χ1n) is 4.62. The summed E-state index contributed by atoms with van der Waals surface area (Å²) >= 11 is 0. The minimum absolute atomic E-state index is 0.864. The molecule has 1 aliphatic heterocycles. The first-order chi connectivity index (χ1) is 6.45. The Morgan fingerprint density at radius 3 is 2.85 bits per heavy atom. The van der Waals surface area contributed by atoms with E-state index in [-0.39, 0.29) is 0 Å². The second-order valence-corrected chi connectivity index (χ2v) is 3.23. The van der Waals surface area contributed by atoms with Crippen LogP contribution >= 0.6 is 0 Å². The lowest BCUT2D eigenvalue weighted by Gasteiger charge is -2.26. The number of hydrogen-bond acceptors (Lipinski definition) is 2. The maximum Gasteiger partial charge on any atom is 0.0594 e. The van der Waals surface area contributed by atoms with E-state index in [2.05, 4.69) is 22.4 Å². The standard InChI is InChI=1S/C11H13NO/c1-2-4-11(5-3-1)10-12-6-8-13-9-7-12/h2,4-5H,6-10H2. The fourth-order valence-electron chi connectivity index (χ4n) is 1.50. The zero-order valence-electron chi connectivity index (χ0n) is 7.62. The molecule has 1 heterocycles. The van der Waals surface area contributed by atoms with Crippen molar-refractivity contribution in [1.82, 2.24) is 4.90 Å². The van der Waals surface area contributed by atoms with Crippen LogP contribution in [0.25, 0.3) is 0 Å². The van der Waals surface area contributed by atoms with E-state index >= 15 is 0 Å². The van der Waals surface area contributed by atoms with Crippen molar-refractivity contribution in [2.45, 2.75) is 0 Å². The van der Waals surface area contributed by atoms with Crippen LogP contribution in [0.15, 0.2) is 35.3 Å². The largest absolute Gasteiger partial charge is 0.379 e. The van der Waals surface area contributed by atoms with Crippen molar-refractivity contribution >= 4 is 0 Å². The summed E-state index contributed by atoms with van der Waals surface area (Å²) in [6.45, 7) is 4.82. The van der Waals surface area contributed by atoms with Crippen molar-refractivity contribution in [3.63, 3.8) is 0 Å².